The third-order valence-corrected chi connectivity index (χ3v) is 5.05. The van der Waals surface area contributed by atoms with E-state index < -0.39 is 16.0 Å². The van der Waals surface area contributed by atoms with Crippen molar-refractivity contribution < 1.29 is 18.3 Å². The van der Waals surface area contributed by atoms with Gasteiger partial charge in [0.25, 0.3) is 10.0 Å². The van der Waals surface area contributed by atoms with Gasteiger partial charge in [-0.05, 0) is 36.1 Å². The van der Waals surface area contributed by atoms with E-state index in [4.69, 9.17) is 0 Å². The average molecular weight is 377 g/mol. The van der Waals surface area contributed by atoms with Crippen molar-refractivity contribution in [1.29, 1.82) is 0 Å². The number of pyridine rings is 1. The van der Waals surface area contributed by atoms with E-state index >= 15 is 0 Å². The first-order valence-corrected chi connectivity index (χ1v) is 9.61. The quantitative estimate of drug-likeness (QED) is 0.770. The highest BCUT2D eigenvalue weighted by molar-refractivity contribution is 7.92. The summed E-state index contributed by atoms with van der Waals surface area (Å²) in [6.45, 7) is 4.19. The monoisotopic (exact) mass is 377 g/mol. The lowest BCUT2D eigenvalue weighted by atomic mass is 10.0. The predicted octanol–water partition coefficient (Wildman–Crippen LogP) is 2.85. The second kappa shape index (κ2) is 7.74. The second-order valence-electron chi connectivity index (χ2n) is 6.64. The van der Waals surface area contributed by atoms with Crippen molar-refractivity contribution in [1.82, 2.24) is 4.98 Å². The molecule has 7 nitrogen and oxygen atoms in total. The van der Waals surface area contributed by atoms with E-state index in [-0.39, 0.29) is 22.0 Å². The molecular formula is C18H23N3O4S. The molecule has 0 aliphatic carbocycles. The maximum Gasteiger partial charge on any atom is 0.339 e. The van der Waals surface area contributed by atoms with Gasteiger partial charge in [-0.1, -0.05) is 26.0 Å². The molecule has 26 heavy (non-hydrogen) atoms. The summed E-state index contributed by atoms with van der Waals surface area (Å²) in [6.07, 6.45) is 2.16. The molecule has 0 bridgehead atoms. The van der Waals surface area contributed by atoms with Gasteiger partial charge in [0.2, 0.25) is 0 Å². The van der Waals surface area contributed by atoms with Gasteiger partial charge in [0.1, 0.15) is 11.4 Å². The van der Waals surface area contributed by atoms with Gasteiger partial charge in [-0.2, -0.15) is 0 Å². The van der Waals surface area contributed by atoms with E-state index in [9.17, 15) is 18.3 Å². The summed E-state index contributed by atoms with van der Waals surface area (Å²) in [5.74, 6) is -0.454. The summed E-state index contributed by atoms with van der Waals surface area (Å²) in [4.78, 5) is 17.1. The number of hydrogen-bond acceptors (Lipinski definition) is 5. The number of aromatic carboxylic acids is 1. The summed E-state index contributed by atoms with van der Waals surface area (Å²) in [7, 11) is -0.503. The lowest BCUT2D eigenvalue weighted by Crippen LogP contribution is -2.18. The highest BCUT2D eigenvalue weighted by Crippen LogP contribution is 2.22. The Kier molecular flexibility index (Phi) is 5.86. The molecule has 8 heteroatoms. The van der Waals surface area contributed by atoms with Gasteiger partial charge in [-0.15, -0.1) is 0 Å². The molecule has 0 aliphatic rings. The molecule has 0 radical (unpaired) electrons. The zero-order chi connectivity index (χ0) is 19.5. The first-order valence-electron chi connectivity index (χ1n) is 8.12. The minimum Gasteiger partial charge on any atom is -0.478 e. The molecule has 0 atom stereocenters. The van der Waals surface area contributed by atoms with Crippen LogP contribution in [0.4, 0.5) is 11.5 Å². The maximum absolute atomic E-state index is 12.5. The zero-order valence-corrected chi connectivity index (χ0v) is 16.0. The number of carboxylic acids is 1. The smallest absolute Gasteiger partial charge is 0.339 e. The van der Waals surface area contributed by atoms with Gasteiger partial charge in [0, 0.05) is 14.1 Å². The van der Waals surface area contributed by atoms with Crippen LogP contribution >= 0.6 is 0 Å². The molecule has 1 heterocycles. The number of anilines is 2. The van der Waals surface area contributed by atoms with Gasteiger partial charge in [0.15, 0.2) is 0 Å². The average Bonchev–Trinajstić information content (AvgIpc) is 2.54. The number of nitrogens with zero attached hydrogens (tertiary/aromatic N) is 2. The Bertz CT molecular complexity index is 891. The lowest BCUT2D eigenvalue weighted by Gasteiger charge is -2.15. The highest BCUT2D eigenvalue weighted by atomic mass is 32.2. The Morgan fingerprint density at radius 3 is 2.35 bits per heavy atom. The minimum atomic E-state index is -3.83. The number of aromatic nitrogens is 1. The minimum absolute atomic E-state index is 0.0810. The molecule has 1 aromatic heterocycles. The van der Waals surface area contributed by atoms with Crippen LogP contribution in [0.25, 0.3) is 0 Å². The predicted molar refractivity (Wildman–Crippen MR) is 101 cm³/mol. The van der Waals surface area contributed by atoms with Crippen LogP contribution in [0.5, 0.6) is 0 Å². The van der Waals surface area contributed by atoms with E-state index in [0.717, 1.165) is 12.0 Å². The van der Waals surface area contributed by atoms with Crippen molar-refractivity contribution in [2.24, 2.45) is 5.92 Å². The maximum atomic E-state index is 12.5. The van der Waals surface area contributed by atoms with Crippen molar-refractivity contribution >= 4 is 27.5 Å². The summed E-state index contributed by atoms with van der Waals surface area (Å²) in [5, 5.41) is 9.31. The molecule has 2 rings (SSSR count). The normalized spacial score (nSPS) is 11.4. The summed E-state index contributed by atoms with van der Waals surface area (Å²) in [6, 6.07) is 7.91. The van der Waals surface area contributed by atoms with Crippen LogP contribution in [-0.4, -0.2) is 38.6 Å². The van der Waals surface area contributed by atoms with E-state index in [1.165, 1.54) is 12.3 Å². The molecule has 2 N–H and O–H groups in total. The van der Waals surface area contributed by atoms with Crippen molar-refractivity contribution in [3.05, 3.63) is 47.7 Å². The molecular weight excluding hydrogens is 354 g/mol. The van der Waals surface area contributed by atoms with E-state index in [1.807, 2.05) is 0 Å². The number of carbonyl (C=O) groups is 1. The van der Waals surface area contributed by atoms with Crippen LogP contribution < -0.4 is 9.62 Å². The largest absolute Gasteiger partial charge is 0.478 e. The topological polar surface area (TPSA) is 99.6 Å². The van der Waals surface area contributed by atoms with Crippen molar-refractivity contribution in [3.8, 4) is 0 Å². The number of nitrogens with one attached hydrogen (secondary N) is 1. The van der Waals surface area contributed by atoms with Crippen LogP contribution in [-0.2, 0) is 16.4 Å². The van der Waals surface area contributed by atoms with E-state index in [0.29, 0.717) is 5.92 Å². The Morgan fingerprint density at radius 2 is 1.85 bits per heavy atom. The molecule has 2 aromatic rings. The fraction of sp³-hybridized carbons (Fsp3) is 0.333. The molecule has 1 aromatic carbocycles. The van der Waals surface area contributed by atoms with Crippen LogP contribution in [0.1, 0.15) is 29.8 Å². The first-order chi connectivity index (χ1) is 12.1. The van der Waals surface area contributed by atoms with Gasteiger partial charge < -0.3 is 10.0 Å². The van der Waals surface area contributed by atoms with Crippen molar-refractivity contribution in [2.75, 3.05) is 23.7 Å². The standard InChI is InChI=1S/C18H23N3O4S/c1-12(2)9-13-5-7-15(8-6-13)26(24,25)20-14-10-16(18(22)23)17(19-11-14)21(3)4/h5-8,10-12,20H,9H2,1-4H3,(H,22,23). The molecule has 0 amide bonds. The Hall–Kier alpha value is -2.61. The molecule has 0 aliphatic heterocycles. The highest BCUT2D eigenvalue weighted by Gasteiger charge is 2.18. The Morgan fingerprint density at radius 1 is 1.23 bits per heavy atom. The fourth-order valence-electron chi connectivity index (χ4n) is 2.52. The lowest BCUT2D eigenvalue weighted by molar-refractivity contribution is 0.0697. The zero-order valence-electron chi connectivity index (χ0n) is 15.2. The molecule has 0 saturated carbocycles. The van der Waals surface area contributed by atoms with Crippen LogP contribution in [0.2, 0.25) is 0 Å². The summed E-state index contributed by atoms with van der Waals surface area (Å²) >= 11 is 0. The van der Waals surface area contributed by atoms with Gasteiger partial charge >= 0.3 is 5.97 Å². The molecule has 0 unspecified atom stereocenters. The number of carboxylic acid groups (broad SMARTS) is 1. The number of sulfonamides is 1. The number of benzene rings is 1. The van der Waals surface area contributed by atoms with Crippen molar-refractivity contribution in [3.63, 3.8) is 0 Å². The third-order valence-electron chi connectivity index (χ3n) is 3.65. The molecule has 0 spiro atoms. The number of hydrogen-bond donors (Lipinski definition) is 2. The van der Waals surface area contributed by atoms with Gasteiger partial charge in [0.05, 0.1) is 16.8 Å². The van der Waals surface area contributed by atoms with E-state index in [2.05, 4.69) is 23.6 Å². The fourth-order valence-corrected chi connectivity index (χ4v) is 3.55. The summed E-state index contributed by atoms with van der Waals surface area (Å²) < 4.78 is 27.5. The molecule has 140 valence electrons. The van der Waals surface area contributed by atoms with Crippen LogP contribution in [0.15, 0.2) is 41.4 Å². The Labute approximate surface area is 153 Å². The third kappa shape index (κ3) is 4.72. The second-order valence-corrected chi connectivity index (χ2v) is 8.32. The van der Waals surface area contributed by atoms with Crippen LogP contribution in [0.3, 0.4) is 0 Å². The number of rotatable bonds is 7. The van der Waals surface area contributed by atoms with Crippen molar-refractivity contribution in [2.45, 2.75) is 25.2 Å². The Balaban J connectivity index is 2.29. The van der Waals surface area contributed by atoms with E-state index in [1.54, 1.807) is 43.3 Å². The van der Waals surface area contributed by atoms with Gasteiger partial charge in [-0.25, -0.2) is 18.2 Å². The molecule has 0 saturated heterocycles. The summed E-state index contributed by atoms with van der Waals surface area (Å²) in [5.41, 5.74) is 1.07. The van der Waals surface area contributed by atoms with Crippen LogP contribution in [0, 0.1) is 5.92 Å². The SMILES string of the molecule is CC(C)Cc1ccc(S(=O)(=O)Nc2cnc(N(C)C)c(C(=O)O)c2)cc1. The first kappa shape index (κ1) is 19.7. The van der Waals surface area contributed by atoms with Gasteiger partial charge in [-0.3, -0.25) is 4.72 Å². The molecule has 0 fully saturated rings.